The largest absolute Gasteiger partial charge is 0.399 e. The van der Waals surface area contributed by atoms with Gasteiger partial charge in [-0.2, -0.15) is 5.10 Å². The molecular formula is C14H18N4O2. The number of benzene rings is 1. The molecule has 1 heterocycles. The number of aliphatic hydroxyl groups excluding tert-OH is 1. The number of rotatable bonds is 4. The van der Waals surface area contributed by atoms with Gasteiger partial charge < -0.3 is 16.2 Å². The molecule has 1 amide bonds. The molecule has 1 atom stereocenters. The lowest BCUT2D eigenvalue weighted by molar-refractivity contribution is 0.0915. The van der Waals surface area contributed by atoms with Crippen LogP contribution in [-0.2, 0) is 7.05 Å². The van der Waals surface area contributed by atoms with Gasteiger partial charge in [-0.15, -0.1) is 0 Å². The quantitative estimate of drug-likeness (QED) is 0.718. The van der Waals surface area contributed by atoms with Crippen molar-refractivity contribution < 1.29 is 9.90 Å². The minimum absolute atomic E-state index is 0.136. The molecule has 0 bridgehead atoms. The number of nitrogens with one attached hydrogen (secondary N) is 1. The van der Waals surface area contributed by atoms with Crippen LogP contribution in [0, 0.1) is 6.92 Å². The summed E-state index contributed by atoms with van der Waals surface area (Å²) in [5.74, 6) is -0.245. The second-order valence-corrected chi connectivity index (χ2v) is 4.69. The highest BCUT2D eigenvalue weighted by atomic mass is 16.3. The third-order valence-electron chi connectivity index (χ3n) is 3.04. The van der Waals surface area contributed by atoms with E-state index < -0.39 is 6.10 Å². The van der Waals surface area contributed by atoms with Gasteiger partial charge >= 0.3 is 0 Å². The van der Waals surface area contributed by atoms with E-state index >= 15 is 0 Å². The summed E-state index contributed by atoms with van der Waals surface area (Å²) in [5, 5.41) is 16.8. The van der Waals surface area contributed by atoms with Crippen LogP contribution in [0.5, 0.6) is 0 Å². The van der Waals surface area contributed by atoms with Crippen molar-refractivity contribution in [2.24, 2.45) is 7.05 Å². The molecule has 2 aromatic rings. The maximum atomic E-state index is 12.0. The molecule has 1 aromatic carbocycles. The van der Waals surface area contributed by atoms with Crippen LogP contribution in [0.4, 0.5) is 5.69 Å². The van der Waals surface area contributed by atoms with Crippen molar-refractivity contribution in [3.05, 3.63) is 47.3 Å². The van der Waals surface area contributed by atoms with Gasteiger partial charge in [-0.3, -0.25) is 9.48 Å². The van der Waals surface area contributed by atoms with Crippen molar-refractivity contribution in [1.29, 1.82) is 0 Å². The first kappa shape index (κ1) is 14.1. The highest BCUT2D eigenvalue weighted by Crippen LogP contribution is 2.14. The van der Waals surface area contributed by atoms with Crippen LogP contribution in [0.1, 0.15) is 27.7 Å². The van der Waals surface area contributed by atoms with Gasteiger partial charge in [-0.05, 0) is 24.6 Å². The van der Waals surface area contributed by atoms with Crippen molar-refractivity contribution in [3.8, 4) is 0 Å². The third kappa shape index (κ3) is 3.16. The number of amides is 1. The van der Waals surface area contributed by atoms with Gasteiger partial charge in [0.2, 0.25) is 0 Å². The highest BCUT2D eigenvalue weighted by molar-refractivity contribution is 5.95. The number of hydrogen-bond donors (Lipinski definition) is 3. The first-order valence-electron chi connectivity index (χ1n) is 6.29. The number of aliphatic hydroxyl groups is 1. The van der Waals surface area contributed by atoms with E-state index in [2.05, 4.69) is 10.4 Å². The molecule has 0 saturated carbocycles. The summed E-state index contributed by atoms with van der Waals surface area (Å²) in [6, 6.07) is 6.90. The van der Waals surface area contributed by atoms with E-state index in [0.717, 1.165) is 0 Å². The van der Waals surface area contributed by atoms with E-state index in [1.807, 2.05) is 0 Å². The van der Waals surface area contributed by atoms with Crippen LogP contribution in [0.2, 0.25) is 0 Å². The zero-order valence-corrected chi connectivity index (χ0v) is 11.5. The predicted molar refractivity (Wildman–Crippen MR) is 76.1 cm³/mol. The molecule has 6 heteroatoms. The lowest BCUT2D eigenvalue weighted by Gasteiger charge is -2.12. The van der Waals surface area contributed by atoms with E-state index in [-0.39, 0.29) is 12.5 Å². The molecule has 1 unspecified atom stereocenters. The van der Waals surface area contributed by atoms with E-state index in [0.29, 0.717) is 22.5 Å². The van der Waals surface area contributed by atoms with Gasteiger partial charge in [-0.1, -0.05) is 12.1 Å². The van der Waals surface area contributed by atoms with Crippen LogP contribution >= 0.6 is 0 Å². The van der Waals surface area contributed by atoms with Crippen LogP contribution < -0.4 is 11.1 Å². The Morgan fingerprint density at radius 1 is 1.45 bits per heavy atom. The van der Waals surface area contributed by atoms with E-state index in [9.17, 15) is 9.90 Å². The lowest BCUT2D eigenvalue weighted by Crippen LogP contribution is -2.28. The maximum absolute atomic E-state index is 12.0. The topological polar surface area (TPSA) is 93.2 Å². The Labute approximate surface area is 117 Å². The molecule has 6 nitrogen and oxygen atoms in total. The molecule has 0 aliphatic heterocycles. The summed E-state index contributed by atoms with van der Waals surface area (Å²) >= 11 is 0. The molecule has 0 aliphatic carbocycles. The van der Waals surface area contributed by atoms with Gasteiger partial charge in [0.25, 0.3) is 5.91 Å². The van der Waals surface area contributed by atoms with Gasteiger partial charge in [0.15, 0.2) is 0 Å². The molecule has 2 rings (SSSR count). The summed E-state index contributed by atoms with van der Waals surface area (Å²) in [4.78, 5) is 12.0. The summed E-state index contributed by atoms with van der Waals surface area (Å²) in [7, 11) is 1.76. The van der Waals surface area contributed by atoms with Gasteiger partial charge in [0, 0.05) is 25.5 Å². The number of carbonyl (C=O) groups excluding carboxylic acids is 1. The Kier molecular flexibility index (Phi) is 4.05. The molecule has 1 aromatic heterocycles. The number of aryl methyl sites for hydroxylation is 2. The lowest BCUT2D eigenvalue weighted by atomic mass is 10.1. The predicted octanol–water partition coefficient (Wildman–Crippen LogP) is 0.774. The number of nitrogens with two attached hydrogens (primary N) is 1. The Bertz CT molecular complexity index is 604. The number of anilines is 1. The van der Waals surface area contributed by atoms with E-state index in [1.165, 1.54) is 0 Å². The van der Waals surface area contributed by atoms with Gasteiger partial charge in [0.05, 0.1) is 17.4 Å². The zero-order valence-electron chi connectivity index (χ0n) is 11.5. The van der Waals surface area contributed by atoms with Crippen molar-refractivity contribution in [3.63, 3.8) is 0 Å². The monoisotopic (exact) mass is 274 g/mol. The van der Waals surface area contributed by atoms with Gasteiger partial charge in [-0.25, -0.2) is 0 Å². The van der Waals surface area contributed by atoms with Gasteiger partial charge in [0.1, 0.15) is 0 Å². The van der Waals surface area contributed by atoms with Crippen molar-refractivity contribution in [1.82, 2.24) is 15.1 Å². The SMILES string of the molecule is Cc1nn(C)cc1C(=O)NCC(O)c1ccc(N)cc1. The molecule has 4 N–H and O–H groups in total. The average Bonchev–Trinajstić information content (AvgIpc) is 2.75. The summed E-state index contributed by atoms with van der Waals surface area (Å²) in [5.41, 5.74) is 8.10. The molecule has 106 valence electrons. The minimum atomic E-state index is -0.767. The van der Waals surface area contributed by atoms with Crippen LogP contribution in [0.15, 0.2) is 30.5 Å². The molecule has 0 saturated heterocycles. The third-order valence-corrected chi connectivity index (χ3v) is 3.04. The number of hydrogen-bond acceptors (Lipinski definition) is 4. The number of carbonyl (C=O) groups is 1. The van der Waals surface area contributed by atoms with Crippen LogP contribution in [0.3, 0.4) is 0 Å². The van der Waals surface area contributed by atoms with E-state index in [1.54, 1.807) is 49.1 Å². The summed E-state index contributed by atoms with van der Waals surface area (Å²) in [6.45, 7) is 1.91. The fourth-order valence-electron chi connectivity index (χ4n) is 1.94. The van der Waals surface area contributed by atoms with Crippen molar-refractivity contribution in [2.45, 2.75) is 13.0 Å². The Morgan fingerprint density at radius 3 is 2.65 bits per heavy atom. The van der Waals surface area contributed by atoms with Crippen molar-refractivity contribution in [2.75, 3.05) is 12.3 Å². The molecule has 20 heavy (non-hydrogen) atoms. The smallest absolute Gasteiger partial charge is 0.254 e. The molecule has 0 fully saturated rings. The first-order valence-corrected chi connectivity index (χ1v) is 6.29. The fourth-order valence-corrected chi connectivity index (χ4v) is 1.94. The summed E-state index contributed by atoms with van der Waals surface area (Å²) in [6.07, 6.45) is 0.886. The highest BCUT2D eigenvalue weighted by Gasteiger charge is 2.14. The number of nitrogen functional groups attached to an aromatic ring is 1. The average molecular weight is 274 g/mol. The standard InChI is InChI=1S/C14H18N4O2/c1-9-12(8-18(2)17-9)14(20)16-7-13(19)10-3-5-11(15)6-4-10/h3-6,8,13,19H,7,15H2,1-2H3,(H,16,20). The molecule has 0 radical (unpaired) electrons. The Hall–Kier alpha value is -2.34. The fraction of sp³-hybridized carbons (Fsp3) is 0.286. The second kappa shape index (κ2) is 5.75. The number of aromatic nitrogens is 2. The maximum Gasteiger partial charge on any atom is 0.254 e. The second-order valence-electron chi connectivity index (χ2n) is 4.69. The van der Waals surface area contributed by atoms with E-state index in [4.69, 9.17) is 5.73 Å². The zero-order chi connectivity index (χ0) is 14.7. The number of nitrogens with zero attached hydrogens (tertiary/aromatic N) is 2. The normalized spacial score (nSPS) is 12.2. The summed E-state index contributed by atoms with van der Waals surface area (Å²) < 4.78 is 1.58. The van der Waals surface area contributed by atoms with Crippen LogP contribution in [0.25, 0.3) is 0 Å². The minimum Gasteiger partial charge on any atom is -0.399 e. The molecular weight excluding hydrogens is 256 g/mol. The molecule has 0 spiro atoms. The Morgan fingerprint density at radius 2 is 2.10 bits per heavy atom. The van der Waals surface area contributed by atoms with Crippen molar-refractivity contribution >= 4 is 11.6 Å². The first-order chi connectivity index (χ1) is 9.47. The Balaban J connectivity index is 1.96. The molecule has 0 aliphatic rings. The van der Waals surface area contributed by atoms with Crippen LogP contribution in [-0.4, -0.2) is 27.3 Å².